The Bertz CT molecular complexity index is 1240. The fourth-order valence-electron chi connectivity index (χ4n) is 4.06. The zero-order chi connectivity index (χ0) is 27.5. The van der Waals surface area contributed by atoms with Crippen LogP contribution < -0.4 is 20.1 Å². The summed E-state index contributed by atoms with van der Waals surface area (Å²) in [7, 11) is 2.91. The molecular weight excluding hydrogens is 511 g/mol. The Kier molecular flexibility index (Phi) is 10.3. The standard InChI is InChI=1S/C27H33FN4O7/c1-34-23-17-21-18(14-22-25(21)31-32-26(22)30-20-5-3-4-19(28)16-20)15-24(23)39-13-12-38-11-10-37-9-8-36-7-6-29-27(33)35-2/h3-5,15-17H,6-14H2,1-2H3,(H,29,33)(H2,30,31,32). The van der Waals surface area contributed by atoms with Crippen LogP contribution in [0.25, 0.3) is 11.3 Å². The van der Waals surface area contributed by atoms with E-state index in [9.17, 15) is 9.18 Å². The van der Waals surface area contributed by atoms with Crippen LogP contribution in [0.2, 0.25) is 0 Å². The van der Waals surface area contributed by atoms with Crippen LogP contribution in [-0.2, 0) is 25.4 Å². The molecule has 0 atom stereocenters. The van der Waals surface area contributed by atoms with Gasteiger partial charge < -0.3 is 39.1 Å². The van der Waals surface area contributed by atoms with Crippen LogP contribution in [0.5, 0.6) is 11.5 Å². The van der Waals surface area contributed by atoms with E-state index in [2.05, 4.69) is 25.6 Å². The summed E-state index contributed by atoms with van der Waals surface area (Å²) in [4.78, 5) is 10.9. The molecule has 1 aromatic heterocycles. The molecule has 0 aliphatic heterocycles. The van der Waals surface area contributed by atoms with Crippen molar-refractivity contribution in [2.75, 3.05) is 72.3 Å². The van der Waals surface area contributed by atoms with Gasteiger partial charge in [-0.15, -0.1) is 0 Å². The topological polar surface area (TPSA) is 125 Å². The number of ether oxygens (including phenoxy) is 6. The Morgan fingerprint density at radius 3 is 2.44 bits per heavy atom. The van der Waals surface area contributed by atoms with E-state index in [1.807, 2.05) is 12.1 Å². The SMILES string of the molecule is COC(=O)NCCOCCOCCOCCOc1cc2c(cc1OC)-c1[nH]nc(Nc3cccc(F)c3)c1C2. The van der Waals surface area contributed by atoms with Crippen LogP contribution in [-0.4, -0.2) is 83.3 Å². The second kappa shape index (κ2) is 14.3. The van der Waals surface area contributed by atoms with Gasteiger partial charge in [-0.25, -0.2) is 9.18 Å². The number of nitrogens with zero attached hydrogens (tertiary/aromatic N) is 1. The molecule has 1 aliphatic carbocycles. The third kappa shape index (κ3) is 7.82. The van der Waals surface area contributed by atoms with Crippen LogP contribution in [0.15, 0.2) is 36.4 Å². The van der Waals surface area contributed by atoms with E-state index >= 15 is 0 Å². The molecule has 0 spiro atoms. The number of anilines is 2. The molecule has 0 bridgehead atoms. The van der Waals surface area contributed by atoms with Gasteiger partial charge in [0.1, 0.15) is 12.4 Å². The lowest BCUT2D eigenvalue weighted by molar-refractivity contribution is 0.00974. The third-order valence-electron chi connectivity index (χ3n) is 5.91. The van der Waals surface area contributed by atoms with Crippen molar-refractivity contribution < 1.29 is 37.6 Å². The molecule has 11 nitrogen and oxygen atoms in total. The summed E-state index contributed by atoms with van der Waals surface area (Å²) in [5.74, 6) is 1.59. The molecule has 1 amide bonds. The number of aromatic amines is 1. The summed E-state index contributed by atoms with van der Waals surface area (Å²) in [5, 5.41) is 13.2. The average molecular weight is 545 g/mol. The van der Waals surface area contributed by atoms with Crippen LogP contribution >= 0.6 is 0 Å². The highest BCUT2D eigenvalue weighted by atomic mass is 19.1. The van der Waals surface area contributed by atoms with E-state index in [1.165, 1.54) is 19.2 Å². The zero-order valence-corrected chi connectivity index (χ0v) is 22.0. The van der Waals surface area contributed by atoms with E-state index < -0.39 is 6.09 Å². The van der Waals surface area contributed by atoms with Gasteiger partial charge in [0.2, 0.25) is 0 Å². The van der Waals surface area contributed by atoms with Gasteiger partial charge in [-0.05, 0) is 35.9 Å². The maximum Gasteiger partial charge on any atom is 0.406 e. The number of nitrogens with one attached hydrogen (secondary N) is 3. The molecule has 1 aliphatic rings. The zero-order valence-electron chi connectivity index (χ0n) is 22.0. The minimum atomic E-state index is -0.483. The molecule has 0 radical (unpaired) electrons. The van der Waals surface area contributed by atoms with E-state index in [0.717, 1.165) is 22.4 Å². The number of hydrogen-bond donors (Lipinski definition) is 3. The van der Waals surface area contributed by atoms with Crippen molar-refractivity contribution in [3.63, 3.8) is 0 Å². The number of carbonyl (C=O) groups excluding carboxylic acids is 1. The van der Waals surface area contributed by atoms with Crippen LogP contribution in [0.1, 0.15) is 11.1 Å². The summed E-state index contributed by atoms with van der Waals surface area (Å²) in [6, 6.07) is 10.2. The monoisotopic (exact) mass is 544 g/mol. The summed E-state index contributed by atoms with van der Waals surface area (Å²) in [6.45, 7) is 3.22. The lowest BCUT2D eigenvalue weighted by Crippen LogP contribution is -2.27. The first kappa shape index (κ1) is 28.1. The molecule has 1 heterocycles. The Hall–Kier alpha value is -3.87. The first-order valence-corrected chi connectivity index (χ1v) is 12.6. The second-order valence-corrected chi connectivity index (χ2v) is 8.50. The Morgan fingerprint density at radius 1 is 0.974 bits per heavy atom. The maximum absolute atomic E-state index is 13.6. The van der Waals surface area contributed by atoms with Crippen LogP contribution in [0.3, 0.4) is 0 Å². The molecule has 12 heteroatoms. The predicted octanol–water partition coefficient (Wildman–Crippen LogP) is 3.66. The van der Waals surface area contributed by atoms with Gasteiger partial charge in [0, 0.05) is 29.8 Å². The summed E-state index contributed by atoms with van der Waals surface area (Å²) >= 11 is 0. The van der Waals surface area contributed by atoms with Gasteiger partial charge >= 0.3 is 6.09 Å². The van der Waals surface area contributed by atoms with Crippen LogP contribution in [0, 0.1) is 5.82 Å². The van der Waals surface area contributed by atoms with Gasteiger partial charge in [0.15, 0.2) is 17.3 Å². The Labute approximate surface area is 225 Å². The van der Waals surface area contributed by atoms with E-state index in [1.54, 1.807) is 19.2 Å². The minimum Gasteiger partial charge on any atom is -0.493 e. The first-order chi connectivity index (χ1) is 19.1. The molecule has 3 aromatic rings. The number of alkyl carbamates (subject to hydrolysis) is 1. The molecule has 3 N–H and O–H groups in total. The van der Waals surface area contributed by atoms with Gasteiger partial charge in [0.25, 0.3) is 0 Å². The normalized spacial score (nSPS) is 11.6. The van der Waals surface area contributed by atoms with Crippen molar-refractivity contribution in [3.8, 4) is 22.8 Å². The molecule has 210 valence electrons. The van der Waals surface area contributed by atoms with Crippen molar-refractivity contribution in [2.24, 2.45) is 0 Å². The van der Waals surface area contributed by atoms with Gasteiger partial charge in [-0.3, -0.25) is 5.10 Å². The van der Waals surface area contributed by atoms with Crippen molar-refractivity contribution in [2.45, 2.75) is 6.42 Å². The van der Waals surface area contributed by atoms with E-state index in [4.69, 9.17) is 23.7 Å². The molecule has 2 aromatic carbocycles. The van der Waals surface area contributed by atoms with Crippen molar-refractivity contribution in [1.29, 1.82) is 0 Å². The van der Waals surface area contributed by atoms with Crippen molar-refractivity contribution >= 4 is 17.6 Å². The number of aromatic nitrogens is 2. The van der Waals surface area contributed by atoms with Crippen LogP contribution in [0.4, 0.5) is 20.7 Å². The summed E-state index contributed by atoms with van der Waals surface area (Å²) in [5.41, 5.74) is 4.60. The molecular formula is C27H33FN4O7. The quantitative estimate of drug-likeness (QED) is 0.181. The Balaban J connectivity index is 1.16. The largest absolute Gasteiger partial charge is 0.493 e. The number of hydrogen-bond acceptors (Lipinski definition) is 9. The number of carbonyl (C=O) groups is 1. The lowest BCUT2D eigenvalue weighted by Gasteiger charge is -2.13. The predicted molar refractivity (Wildman–Crippen MR) is 141 cm³/mol. The van der Waals surface area contributed by atoms with Crippen molar-refractivity contribution in [3.05, 3.63) is 53.3 Å². The Morgan fingerprint density at radius 2 is 1.72 bits per heavy atom. The minimum absolute atomic E-state index is 0.313. The average Bonchev–Trinajstić information content (AvgIpc) is 3.49. The number of H-pyrrole nitrogens is 1. The number of amides is 1. The van der Waals surface area contributed by atoms with Gasteiger partial charge in [0.05, 0.1) is 59.6 Å². The maximum atomic E-state index is 13.6. The van der Waals surface area contributed by atoms with E-state index in [0.29, 0.717) is 82.2 Å². The smallest absolute Gasteiger partial charge is 0.406 e. The highest BCUT2D eigenvalue weighted by molar-refractivity contribution is 5.81. The molecule has 0 unspecified atom stereocenters. The number of rotatable bonds is 16. The molecule has 0 saturated carbocycles. The summed E-state index contributed by atoms with van der Waals surface area (Å²) in [6.07, 6.45) is 0.168. The number of benzene rings is 2. The highest BCUT2D eigenvalue weighted by Gasteiger charge is 2.27. The number of halogens is 1. The fraction of sp³-hybridized carbons (Fsp3) is 0.407. The molecule has 4 rings (SSSR count). The fourth-order valence-corrected chi connectivity index (χ4v) is 4.06. The number of fused-ring (bicyclic) bond motifs is 3. The third-order valence-corrected chi connectivity index (χ3v) is 5.91. The highest BCUT2D eigenvalue weighted by Crippen LogP contribution is 2.44. The van der Waals surface area contributed by atoms with Gasteiger partial charge in [-0.2, -0.15) is 5.10 Å². The first-order valence-electron chi connectivity index (χ1n) is 12.6. The number of methoxy groups -OCH3 is 2. The molecule has 0 fully saturated rings. The summed E-state index contributed by atoms with van der Waals surface area (Å²) < 4.78 is 45.9. The molecule has 39 heavy (non-hydrogen) atoms. The van der Waals surface area contributed by atoms with Crippen molar-refractivity contribution in [1.82, 2.24) is 15.5 Å². The lowest BCUT2D eigenvalue weighted by atomic mass is 10.1. The van der Waals surface area contributed by atoms with E-state index in [-0.39, 0.29) is 5.82 Å². The second-order valence-electron chi connectivity index (χ2n) is 8.50. The van der Waals surface area contributed by atoms with Gasteiger partial charge in [-0.1, -0.05) is 6.07 Å². The molecule has 0 saturated heterocycles.